The van der Waals surface area contributed by atoms with Crippen molar-refractivity contribution in [3.63, 3.8) is 0 Å². The molecule has 0 aromatic heterocycles. The van der Waals surface area contributed by atoms with E-state index in [-0.39, 0.29) is 6.54 Å². The Morgan fingerprint density at radius 3 is 2.41 bits per heavy atom. The Kier molecular flexibility index (Phi) is 4.40. The molecule has 1 atom stereocenters. The Labute approximate surface area is 126 Å². The number of amides is 4. The Morgan fingerprint density at radius 2 is 1.91 bits per heavy atom. The quantitative estimate of drug-likeness (QED) is 0.734. The summed E-state index contributed by atoms with van der Waals surface area (Å²) in [5, 5.41) is 11.5. The largest absolute Gasteiger partial charge is 0.479 e. The topological polar surface area (TPSA) is 107 Å². The number of likely N-dealkylation sites (N-methyl/N-ethyl adjacent to an activating group) is 1. The first-order chi connectivity index (χ1) is 10.4. The highest BCUT2D eigenvalue weighted by Crippen LogP contribution is 2.13. The molecule has 0 bridgehead atoms. The zero-order valence-corrected chi connectivity index (χ0v) is 11.9. The van der Waals surface area contributed by atoms with Gasteiger partial charge >= 0.3 is 12.0 Å². The maximum absolute atomic E-state index is 11.9. The van der Waals surface area contributed by atoms with Crippen molar-refractivity contribution >= 4 is 23.8 Å². The number of carboxylic acid groups (broad SMARTS) is 1. The predicted molar refractivity (Wildman–Crippen MR) is 74.7 cm³/mol. The van der Waals surface area contributed by atoms with Crippen molar-refractivity contribution in [2.45, 2.75) is 6.04 Å². The second-order valence-electron chi connectivity index (χ2n) is 4.87. The van der Waals surface area contributed by atoms with Crippen LogP contribution in [0.1, 0.15) is 11.6 Å². The predicted octanol–water partition coefficient (Wildman–Crippen LogP) is -0.177. The molecule has 8 heteroatoms. The smallest absolute Gasteiger partial charge is 0.330 e. The zero-order valence-electron chi connectivity index (χ0n) is 11.9. The van der Waals surface area contributed by atoms with Gasteiger partial charge in [0.2, 0.25) is 5.91 Å². The number of hydrogen-bond donors (Lipinski definition) is 2. The number of nitrogens with one attached hydrogen (secondary N) is 1. The summed E-state index contributed by atoms with van der Waals surface area (Å²) in [5.74, 6) is -2.43. The molecule has 1 aliphatic heterocycles. The van der Waals surface area contributed by atoms with Crippen molar-refractivity contribution in [2.75, 3.05) is 20.1 Å². The van der Waals surface area contributed by atoms with Gasteiger partial charge in [0.25, 0.3) is 5.91 Å². The summed E-state index contributed by atoms with van der Waals surface area (Å²) >= 11 is 0. The zero-order chi connectivity index (χ0) is 16.3. The fourth-order valence-electron chi connectivity index (χ4n) is 2.11. The van der Waals surface area contributed by atoms with E-state index in [1.165, 1.54) is 11.9 Å². The average molecular weight is 305 g/mol. The maximum Gasteiger partial charge on any atom is 0.330 e. The highest BCUT2D eigenvalue weighted by atomic mass is 16.4. The lowest BCUT2D eigenvalue weighted by atomic mass is 10.1. The molecule has 0 saturated carbocycles. The third-order valence-electron chi connectivity index (χ3n) is 3.22. The van der Waals surface area contributed by atoms with E-state index in [1.54, 1.807) is 30.3 Å². The lowest BCUT2D eigenvalue weighted by molar-refractivity contribution is -0.142. The molecule has 1 saturated heterocycles. The monoisotopic (exact) mass is 305 g/mol. The first-order valence-electron chi connectivity index (χ1n) is 6.52. The minimum absolute atomic E-state index is 0.0901. The van der Waals surface area contributed by atoms with E-state index in [4.69, 9.17) is 0 Å². The normalized spacial score (nSPS) is 15.9. The highest BCUT2D eigenvalue weighted by molar-refractivity contribution is 6.04. The Morgan fingerprint density at radius 1 is 1.27 bits per heavy atom. The molecule has 4 amide bonds. The van der Waals surface area contributed by atoms with Crippen molar-refractivity contribution in [3.05, 3.63) is 35.9 Å². The molecule has 116 valence electrons. The van der Waals surface area contributed by atoms with Crippen molar-refractivity contribution in [1.29, 1.82) is 0 Å². The molecule has 1 aliphatic rings. The summed E-state index contributed by atoms with van der Waals surface area (Å²) in [5.41, 5.74) is 0.402. The second kappa shape index (κ2) is 6.25. The van der Waals surface area contributed by atoms with Crippen LogP contribution in [0.2, 0.25) is 0 Å². The van der Waals surface area contributed by atoms with E-state index < -0.39 is 36.4 Å². The van der Waals surface area contributed by atoms with Crippen molar-refractivity contribution in [3.8, 4) is 0 Å². The maximum atomic E-state index is 11.9. The molecule has 1 aromatic carbocycles. The third kappa shape index (κ3) is 3.22. The van der Waals surface area contributed by atoms with Gasteiger partial charge in [0, 0.05) is 7.05 Å². The molecule has 1 heterocycles. The molecule has 0 radical (unpaired) electrons. The van der Waals surface area contributed by atoms with Crippen LogP contribution in [0.4, 0.5) is 4.79 Å². The standard InChI is InChI=1S/C14H15N3O5/c1-16-8-11(19)17(14(16)22)7-10(18)15-12(13(20)21)9-5-3-2-4-6-9/h2-6,12H,7-8H2,1H3,(H,15,18)(H,20,21)/t12-/m0/s1. The number of nitrogens with zero attached hydrogens (tertiary/aromatic N) is 2. The number of carbonyl (C=O) groups excluding carboxylic acids is 3. The fourth-order valence-corrected chi connectivity index (χ4v) is 2.11. The molecule has 22 heavy (non-hydrogen) atoms. The van der Waals surface area contributed by atoms with Crippen LogP contribution >= 0.6 is 0 Å². The van der Waals surface area contributed by atoms with E-state index in [2.05, 4.69) is 5.32 Å². The summed E-state index contributed by atoms with van der Waals surface area (Å²) in [4.78, 5) is 48.5. The number of urea groups is 1. The van der Waals surface area contributed by atoms with Gasteiger partial charge in [-0.05, 0) is 5.56 Å². The van der Waals surface area contributed by atoms with Crippen LogP contribution in [-0.4, -0.2) is 58.9 Å². The van der Waals surface area contributed by atoms with Crippen molar-refractivity contribution in [2.24, 2.45) is 0 Å². The number of carbonyl (C=O) groups is 4. The molecule has 0 aliphatic carbocycles. The fraction of sp³-hybridized carbons (Fsp3) is 0.286. The van der Waals surface area contributed by atoms with Crippen molar-refractivity contribution < 1.29 is 24.3 Å². The molecule has 2 rings (SSSR count). The van der Waals surface area contributed by atoms with Gasteiger partial charge in [-0.2, -0.15) is 0 Å². The number of hydrogen-bond acceptors (Lipinski definition) is 4. The SMILES string of the molecule is CN1CC(=O)N(CC(=O)N[C@H](C(=O)O)c2ccccc2)C1=O. The Bertz CT molecular complexity index is 616. The number of benzene rings is 1. The van der Waals surface area contributed by atoms with Gasteiger partial charge in [-0.3, -0.25) is 14.5 Å². The average Bonchev–Trinajstić information content (AvgIpc) is 2.72. The summed E-state index contributed by atoms with van der Waals surface area (Å²) in [6.45, 7) is -0.591. The van der Waals surface area contributed by atoms with Gasteiger partial charge in [0.1, 0.15) is 13.1 Å². The lowest BCUT2D eigenvalue weighted by Gasteiger charge is -2.18. The van der Waals surface area contributed by atoms with E-state index in [9.17, 15) is 24.3 Å². The van der Waals surface area contributed by atoms with Gasteiger partial charge in [-0.15, -0.1) is 0 Å². The minimum atomic E-state index is -1.24. The first-order valence-corrected chi connectivity index (χ1v) is 6.52. The summed E-state index contributed by atoms with van der Waals surface area (Å²) < 4.78 is 0. The molecule has 0 unspecified atom stereocenters. The Hall–Kier alpha value is -2.90. The van der Waals surface area contributed by atoms with Crippen LogP contribution in [-0.2, 0) is 14.4 Å². The molecule has 8 nitrogen and oxygen atoms in total. The van der Waals surface area contributed by atoms with E-state index in [0.717, 1.165) is 4.90 Å². The van der Waals surface area contributed by atoms with Gasteiger partial charge in [-0.1, -0.05) is 30.3 Å². The van der Waals surface area contributed by atoms with Gasteiger partial charge < -0.3 is 15.3 Å². The molecule has 2 N–H and O–H groups in total. The van der Waals surface area contributed by atoms with E-state index in [0.29, 0.717) is 5.56 Å². The van der Waals surface area contributed by atoms with E-state index >= 15 is 0 Å². The van der Waals surface area contributed by atoms with Gasteiger partial charge in [0.15, 0.2) is 6.04 Å². The molecule has 1 fully saturated rings. The van der Waals surface area contributed by atoms with E-state index in [1.807, 2.05) is 0 Å². The third-order valence-corrected chi connectivity index (χ3v) is 3.22. The summed E-state index contributed by atoms with van der Waals surface area (Å²) in [7, 11) is 1.45. The molecule has 0 spiro atoms. The van der Waals surface area contributed by atoms with Crippen LogP contribution in [0.5, 0.6) is 0 Å². The van der Waals surface area contributed by atoms with Gasteiger partial charge in [-0.25, -0.2) is 9.59 Å². The lowest BCUT2D eigenvalue weighted by Crippen LogP contribution is -2.43. The molecular formula is C14H15N3O5. The van der Waals surface area contributed by atoms with Gasteiger partial charge in [0.05, 0.1) is 0 Å². The minimum Gasteiger partial charge on any atom is -0.479 e. The van der Waals surface area contributed by atoms with Crippen LogP contribution in [0.3, 0.4) is 0 Å². The Balaban J connectivity index is 2.05. The number of rotatable bonds is 5. The van der Waals surface area contributed by atoms with Crippen LogP contribution < -0.4 is 5.32 Å². The second-order valence-corrected chi connectivity index (χ2v) is 4.87. The number of aliphatic carboxylic acids is 1. The van der Waals surface area contributed by atoms with Crippen LogP contribution in [0.25, 0.3) is 0 Å². The number of carboxylic acids is 1. The summed E-state index contributed by atoms with van der Waals surface area (Å²) in [6.07, 6.45) is 0. The van der Waals surface area contributed by atoms with Crippen LogP contribution in [0.15, 0.2) is 30.3 Å². The first kappa shape index (κ1) is 15.5. The summed E-state index contributed by atoms with van der Waals surface area (Å²) in [6, 6.07) is 6.35. The highest BCUT2D eigenvalue weighted by Gasteiger charge is 2.35. The van der Waals surface area contributed by atoms with Crippen LogP contribution in [0, 0.1) is 0 Å². The molecule has 1 aromatic rings. The number of imide groups is 1. The molecular weight excluding hydrogens is 290 g/mol. The van der Waals surface area contributed by atoms with Crippen molar-refractivity contribution in [1.82, 2.24) is 15.1 Å².